The van der Waals surface area contributed by atoms with E-state index in [2.05, 4.69) is 10.3 Å². The van der Waals surface area contributed by atoms with E-state index in [0.717, 1.165) is 23.1 Å². The Balaban J connectivity index is 1.51. The molecule has 1 N–H and O–H groups in total. The molecule has 0 spiro atoms. The number of furan rings is 1. The predicted molar refractivity (Wildman–Crippen MR) is 82.6 cm³/mol. The van der Waals surface area contributed by atoms with Gasteiger partial charge in [0.25, 0.3) is 5.95 Å². The highest BCUT2D eigenvalue weighted by atomic mass is 32.1. The number of thiazole rings is 1. The third kappa shape index (κ3) is 3.93. The lowest BCUT2D eigenvalue weighted by molar-refractivity contribution is 0.328. The maximum atomic E-state index is 5.63. The van der Waals surface area contributed by atoms with E-state index in [4.69, 9.17) is 9.15 Å². The molecule has 0 radical (unpaired) electrons. The summed E-state index contributed by atoms with van der Waals surface area (Å²) in [6.45, 7) is 3.46. The van der Waals surface area contributed by atoms with Crippen molar-refractivity contribution in [1.29, 1.82) is 0 Å². The first-order valence-corrected chi connectivity index (χ1v) is 7.55. The molecule has 3 rings (SSSR count). The number of para-hydroxylation sites is 1. The Morgan fingerprint density at radius 1 is 1.14 bits per heavy atom. The molecule has 5 heteroatoms. The molecule has 2 heterocycles. The zero-order chi connectivity index (χ0) is 14.5. The molecule has 0 saturated carbocycles. The number of nitrogens with one attached hydrogen (secondary N) is 1. The Morgan fingerprint density at radius 3 is 2.76 bits per heavy atom. The molecule has 2 aromatic heterocycles. The van der Waals surface area contributed by atoms with Crippen LogP contribution in [-0.4, -0.2) is 4.98 Å². The van der Waals surface area contributed by atoms with Crippen LogP contribution in [0.15, 0.2) is 53.1 Å². The second kappa shape index (κ2) is 6.56. The summed E-state index contributed by atoms with van der Waals surface area (Å²) < 4.78 is 11.3. The number of aromatic nitrogens is 1. The van der Waals surface area contributed by atoms with Crippen LogP contribution in [0.1, 0.15) is 15.6 Å². The standard InChI is InChI=1S/C16H16N2O2S/c1-12-18-11-15(21-12)10-17-9-14-7-8-16(20-14)19-13-5-3-2-4-6-13/h2-8,11,17H,9-10H2,1H3. The van der Waals surface area contributed by atoms with Crippen LogP contribution in [0, 0.1) is 6.92 Å². The van der Waals surface area contributed by atoms with E-state index in [0.29, 0.717) is 12.5 Å². The molecule has 0 amide bonds. The number of hydrogen-bond acceptors (Lipinski definition) is 5. The monoisotopic (exact) mass is 300 g/mol. The minimum Gasteiger partial charge on any atom is -0.429 e. The molecule has 1 aromatic carbocycles. The van der Waals surface area contributed by atoms with Gasteiger partial charge in [-0.05, 0) is 25.1 Å². The van der Waals surface area contributed by atoms with E-state index in [9.17, 15) is 0 Å². The van der Waals surface area contributed by atoms with Crippen molar-refractivity contribution in [1.82, 2.24) is 10.3 Å². The summed E-state index contributed by atoms with van der Waals surface area (Å²) in [6, 6.07) is 13.4. The van der Waals surface area contributed by atoms with E-state index >= 15 is 0 Å². The lowest BCUT2D eigenvalue weighted by Gasteiger charge is -2.02. The fraction of sp³-hybridized carbons (Fsp3) is 0.188. The minimum atomic E-state index is 0.506. The third-order valence-corrected chi connectivity index (χ3v) is 3.78. The van der Waals surface area contributed by atoms with E-state index in [1.807, 2.05) is 55.6 Å². The highest BCUT2D eigenvalue weighted by Crippen LogP contribution is 2.23. The first kappa shape index (κ1) is 13.9. The van der Waals surface area contributed by atoms with Crippen LogP contribution in [0.25, 0.3) is 0 Å². The van der Waals surface area contributed by atoms with Gasteiger partial charge in [0.15, 0.2) is 0 Å². The Morgan fingerprint density at radius 2 is 2.00 bits per heavy atom. The van der Waals surface area contributed by atoms with Gasteiger partial charge in [-0.1, -0.05) is 18.2 Å². The number of hydrogen-bond donors (Lipinski definition) is 1. The largest absolute Gasteiger partial charge is 0.429 e. The average Bonchev–Trinajstić information content (AvgIpc) is 3.10. The molecule has 0 atom stereocenters. The molecule has 3 aromatic rings. The van der Waals surface area contributed by atoms with Gasteiger partial charge in [0.1, 0.15) is 11.5 Å². The van der Waals surface area contributed by atoms with Gasteiger partial charge in [0, 0.05) is 23.7 Å². The lowest BCUT2D eigenvalue weighted by Crippen LogP contribution is -2.10. The van der Waals surface area contributed by atoms with Crippen LogP contribution < -0.4 is 10.1 Å². The van der Waals surface area contributed by atoms with Gasteiger partial charge in [0.2, 0.25) is 0 Å². The maximum absolute atomic E-state index is 5.63. The second-order valence-electron chi connectivity index (χ2n) is 4.59. The normalized spacial score (nSPS) is 10.7. The van der Waals surface area contributed by atoms with Crippen molar-refractivity contribution in [3.63, 3.8) is 0 Å². The van der Waals surface area contributed by atoms with Crippen LogP contribution in [0.3, 0.4) is 0 Å². The Bertz CT molecular complexity index is 691. The molecule has 0 aliphatic rings. The molecular formula is C16H16N2O2S. The van der Waals surface area contributed by atoms with Gasteiger partial charge in [0.05, 0.1) is 11.6 Å². The van der Waals surface area contributed by atoms with Crippen molar-refractivity contribution in [2.24, 2.45) is 0 Å². The van der Waals surface area contributed by atoms with E-state index in [1.165, 1.54) is 4.88 Å². The molecule has 4 nitrogen and oxygen atoms in total. The number of rotatable bonds is 6. The zero-order valence-electron chi connectivity index (χ0n) is 11.7. The number of ether oxygens (including phenoxy) is 1. The van der Waals surface area contributed by atoms with Crippen molar-refractivity contribution in [3.05, 3.63) is 64.3 Å². The molecule has 0 fully saturated rings. The fourth-order valence-corrected chi connectivity index (χ4v) is 2.67. The fourth-order valence-electron chi connectivity index (χ4n) is 1.91. The molecule has 0 unspecified atom stereocenters. The maximum Gasteiger partial charge on any atom is 0.290 e. The summed E-state index contributed by atoms with van der Waals surface area (Å²) in [5.74, 6) is 2.13. The average molecular weight is 300 g/mol. The molecule has 0 aliphatic carbocycles. The minimum absolute atomic E-state index is 0.506. The second-order valence-corrected chi connectivity index (χ2v) is 5.90. The smallest absolute Gasteiger partial charge is 0.290 e. The van der Waals surface area contributed by atoms with Gasteiger partial charge in [-0.25, -0.2) is 4.98 Å². The van der Waals surface area contributed by atoms with Crippen LogP contribution in [0.5, 0.6) is 11.7 Å². The Hall–Kier alpha value is -2.11. The third-order valence-electron chi connectivity index (χ3n) is 2.87. The van der Waals surface area contributed by atoms with Crippen LogP contribution >= 0.6 is 11.3 Å². The number of aryl methyl sites for hydroxylation is 1. The Labute approximate surface area is 127 Å². The summed E-state index contributed by atoms with van der Waals surface area (Å²) in [7, 11) is 0. The molecule has 0 bridgehead atoms. The van der Waals surface area contributed by atoms with Gasteiger partial charge in [-0.2, -0.15) is 0 Å². The first-order valence-electron chi connectivity index (χ1n) is 6.73. The van der Waals surface area contributed by atoms with Gasteiger partial charge < -0.3 is 14.5 Å². The predicted octanol–water partition coefficient (Wildman–Crippen LogP) is 4.13. The molecule has 108 valence electrons. The molecule has 0 saturated heterocycles. The van der Waals surface area contributed by atoms with E-state index < -0.39 is 0 Å². The van der Waals surface area contributed by atoms with Gasteiger partial charge in [-0.3, -0.25) is 0 Å². The molecule has 21 heavy (non-hydrogen) atoms. The summed E-state index contributed by atoms with van der Waals surface area (Å²) in [4.78, 5) is 5.45. The van der Waals surface area contributed by atoms with Gasteiger partial charge >= 0.3 is 0 Å². The molecule has 0 aliphatic heterocycles. The highest BCUT2D eigenvalue weighted by Gasteiger charge is 2.04. The van der Waals surface area contributed by atoms with Crippen LogP contribution in [0.2, 0.25) is 0 Å². The summed E-state index contributed by atoms with van der Waals surface area (Å²) in [5, 5.41) is 4.42. The lowest BCUT2D eigenvalue weighted by atomic mass is 10.3. The summed E-state index contributed by atoms with van der Waals surface area (Å²) in [5.41, 5.74) is 0. The van der Waals surface area contributed by atoms with Crippen molar-refractivity contribution in [3.8, 4) is 11.7 Å². The SMILES string of the molecule is Cc1ncc(CNCc2ccc(Oc3ccccc3)o2)s1. The van der Waals surface area contributed by atoms with Crippen LogP contribution in [0.4, 0.5) is 0 Å². The highest BCUT2D eigenvalue weighted by molar-refractivity contribution is 7.11. The van der Waals surface area contributed by atoms with Crippen molar-refractivity contribution >= 4 is 11.3 Å². The summed E-state index contributed by atoms with van der Waals surface area (Å²) >= 11 is 1.70. The van der Waals surface area contributed by atoms with Gasteiger partial charge in [-0.15, -0.1) is 11.3 Å². The Kier molecular flexibility index (Phi) is 4.33. The van der Waals surface area contributed by atoms with E-state index in [-0.39, 0.29) is 0 Å². The number of nitrogens with zero attached hydrogens (tertiary/aromatic N) is 1. The quantitative estimate of drug-likeness (QED) is 0.743. The van der Waals surface area contributed by atoms with Crippen molar-refractivity contribution < 1.29 is 9.15 Å². The zero-order valence-corrected chi connectivity index (χ0v) is 12.5. The topological polar surface area (TPSA) is 47.3 Å². The van der Waals surface area contributed by atoms with Crippen LogP contribution in [-0.2, 0) is 13.1 Å². The van der Waals surface area contributed by atoms with E-state index in [1.54, 1.807) is 11.3 Å². The molecular weight excluding hydrogens is 284 g/mol. The summed E-state index contributed by atoms with van der Waals surface area (Å²) in [6.07, 6.45) is 1.90. The van der Waals surface area contributed by atoms with Crippen molar-refractivity contribution in [2.75, 3.05) is 0 Å². The first-order chi connectivity index (χ1) is 10.3. The number of benzene rings is 1. The van der Waals surface area contributed by atoms with Crippen molar-refractivity contribution in [2.45, 2.75) is 20.0 Å².